The number of aryl methyl sites for hydroxylation is 2. The van der Waals surface area contributed by atoms with Gasteiger partial charge in [-0.25, -0.2) is 9.07 Å². The fourth-order valence-corrected chi connectivity index (χ4v) is 2.48. The molecule has 1 N–H and O–H groups in total. The summed E-state index contributed by atoms with van der Waals surface area (Å²) in [5.41, 5.74) is 3.66. The Kier molecular flexibility index (Phi) is 4.37. The summed E-state index contributed by atoms with van der Waals surface area (Å²) in [6, 6.07) is 12.3. The van der Waals surface area contributed by atoms with Crippen molar-refractivity contribution in [3.8, 4) is 5.69 Å². The van der Waals surface area contributed by atoms with Gasteiger partial charge in [-0.15, -0.1) is 5.10 Å². The summed E-state index contributed by atoms with van der Waals surface area (Å²) >= 11 is 0. The highest BCUT2D eigenvalue weighted by molar-refractivity contribution is 5.91. The first-order valence-electron chi connectivity index (χ1n) is 7.55. The average molecular weight is 324 g/mol. The second-order valence-electron chi connectivity index (χ2n) is 5.67. The molecule has 0 radical (unpaired) electrons. The highest BCUT2D eigenvalue weighted by Crippen LogP contribution is 2.13. The Morgan fingerprint density at radius 2 is 1.88 bits per heavy atom. The van der Waals surface area contributed by atoms with Crippen molar-refractivity contribution in [2.75, 3.05) is 0 Å². The zero-order valence-electron chi connectivity index (χ0n) is 13.5. The molecule has 3 rings (SSSR count). The lowest BCUT2D eigenvalue weighted by molar-refractivity contribution is 0.0945. The monoisotopic (exact) mass is 324 g/mol. The molecule has 0 atom stereocenters. The fourth-order valence-electron chi connectivity index (χ4n) is 2.48. The Morgan fingerprint density at radius 1 is 1.17 bits per heavy atom. The van der Waals surface area contributed by atoms with E-state index in [0.29, 0.717) is 5.56 Å². The highest BCUT2D eigenvalue weighted by Gasteiger charge is 2.12. The van der Waals surface area contributed by atoms with Crippen molar-refractivity contribution >= 4 is 5.91 Å². The molecule has 0 bridgehead atoms. The maximum Gasteiger partial charge on any atom is 0.273 e. The topological polar surface area (TPSA) is 59.8 Å². The summed E-state index contributed by atoms with van der Waals surface area (Å²) in [5.74, 6) is -0.745. The minimum absolute atomic E-state index is 0.0991. The SMILES string of the molecule is Cc1cc(C)cc(-n2cc(C(=O)NCc3ccccc3F)nn2)c1. The van der Waals surface area contributed by atoms with Gasteiger partial charge in [-0.3, -0.25) is 4.79 Å². The lowest BCUT2D eigenvalue weighted by Crippen LogP contribution is -2.23. The maximum atomic E-state index is 13.6. The van der Waals surface area contributed by atoms with Gasteiger partial charge >= 0.3 is 0 Å². The number of nitrogens with zero attached hydrogens (tertiary/aromatic N) is 3. The van der Waals surface area contributed by atoms with Gasteiger partial charge in [0.15, 0.2) is 5.69 Å². The van der Waals surface area contributed by atoms with E-state index in [0.717, 1.165) is 16.8 Å². The summed E-state index contributed by atoms with van der Waals surface area (Å²) in [6.07, 6.45) is 1.56. The predicted molar refractivity (Wildman–Crippen MR) is 88.4 cm³/mol. The van der Waals surface area contributed by atoms with E-state index in [2.05, 4.69) is 21.7 Å². The molecule has 0 fully saturated rings. The van der Waals surface area contributed by atoms with E-state index >= 15 is 0 Å². The molecule has 0 unspecified atom stereocenters. The molecule has 0 aliphatic carbocycles. The molecule has 5 nitrogen and oxygen atoms in total. The van der Waals surface area contributed by atoms with Gasteiger partial charge in [0.25, 0.3) is 5.91 Å². The summed E-state index contributed by atoms with van der Waals surface area (Å²) in [4.78, 5) is 12.2. The lowest BCUT2D eigenvalue weighted by atomic mass is 10.1. The van der Waals surface area contributed by atoms with E-state index in [9.17, 15) is 9.18 Å². The van der Waals surface area contributed by atoms with Gasteiger partial charge in [0.1, 0.15) is 5.82 Å². The van der Waals surface area contributed by atoms with Crippen molar-refractivity contribution in [3.63, 3.8) is 0 Å². The highest BCUT2D eigenvalue weighted by atomic mass is 19.1. The van der Waals surface area contributed by atoms with Crippen molar-refractivity contribution in [2.45, 2.75) is 20.4 Å². The first-order chi connectivity index (χ1) is 11.5. The van der Waals surface area contributed by atoms with Crippen LogP contribution in [0.3, 0.4) is 0 Å². The first-order valence-corrected chi connectivity index (χ1v) is 7.55. The van der Waals surface area contributed by atoms with Crippen molar-refractivity contribution in [2.24, 2.45) is 0 Å². The minimum atomic E-state index is -0.395. The van der Waals surface area contributed by atoms with Crippen LogP contribution in [0, 0.1) is 19.7 Å². The van der Waals surface area contributed by atoms with E-state index in [-0.39, 0.29) is 18.1 Å². The number of amides is 1. The van der Waals surface area contributed by atoms with Crippen LogP contribution in [0.1, 0.15) is 27.2 Å². The van der Waals surface area contributed by atoms with Crippen LogP contribution in [0.4, 0.5) is 4.39 Å². The van der Waals surface area contributed by atoms with Crippen LogP contribution in [0.2, 0.25) is 0 Å². The van der Waals surface area contributed by atoms with E-state index in [1.165, 1.54) is 6.07 Å². The van der Waals surface area contributed by atoms with Crippen LogP contribution < -0.4 is 5.32 Å². The quantitative estimate of drug-likeness (QED) is 0.803. The second kappa shape index (κ2) is 6.62. The number of rotatable bonds is 4. The molecule has 1 amide bonds. The molecule has 24 heavy (non-hydrogen) atoms. The van der Waals surface area contributed by atoms with Gasteiger partial charge in [-0.1, -0.05) is 29.5 Å². The van der Waals surface area contributed by atoms with Crippen LogP contribution in [-0.4, -0.2) is 20.9 Å². The number of carbonyl (C=O) groups is 1. The summed E-state index contributed by atoms with van der Waals surface area (Å²) < 4.78 is 15.1. The third-order valence-electron chi connectivity index (χ3n) is 3.59. The van der Waals surface area contributed by atoms with Crippen LogP contribution in [0.25, 0.3) is 5.69 Å². The lowest BCUT2D eigenvalue weighted by Gasteiger charge is -2.04. The predicted octanol–water partition coefficient (Wildman–Crippen LogP) is 2.95. The summed E-state index contributed by atoms with van der Waals surface area (Å²) in [5, 5.41) is 10.5. The summed E-state index contributed by atoms with van der Waals surface area (Å²) in [6.45, 7) is 4.09. The van der Waals surface area contributed by atoms with Crippen LogP contribution in [-0.2, 0) is 6.54 Å². The van der Waals surface area contributed by atoms with Crippen LogP contribution in [0.15, 0.2) is 48.7 Å². The molecule has 0 spiro atoms. The number of carbonyl (C=O) groups excluding carboxylic acids is 1. The molecule has 122 valence electrons. The van der Waals surface area contributed by atoms with Crippen molar-refractivity contribution in [3.05, 3.63) is 76.9 Å². The van der Waals surface area contributed by atoms with E-state index in [1.807, 2.05) is 26.0 Å². The molecule has 0 aliphatic heterocycles. The van der Waals surface area contributed by atoms with Gasteiger partial charge in [-0.05, 0) is 43.2 Å². The van der Waals surface area contributed by atoms with Crippen LogP contribution in [0.5, 0.6) is 0 Å². The Morgan fingerprint density at radius 3 is 2.58 bits per heavy atom. The molecule has 2 aromatic carbocycles. The standard InChI is InChI=1S/C18H17FN4O/c1-12-7-13(2)9-15(8-12)23-11-17(21-22-23)18(24)20-10-14-5-3-4-6-16(14)19/h3-9,11H,10H2,1-2H3,(H,20,24). The normalized spacial score (nSPS) is 10.6. The largest absolute Gasteiger partial charge is 0.346 e. The number of aromatic nitrogens is 3. The number of hydrogen-bond acceptors (Lipinski definition) is 3. The molecule has 3 aromatic rings. The Hall–Kier alpha value is -3.02. The van der Waals surface area contributed by atoms with Gasteiger partial charge in [0.05, 0.1) is 11.9 Å². The zero-order valence-corrected chi connectivity index (χ0v) is 13.5. The fraction of sp³-hybridized carbons (Fsp3) is 0.167. The Labute approximate surface area is 139 Å². The smallest absolute Gasteiger partial charge is 0.273 e. The molecule has 0 saturated heterocycles. The van der Waals surface area contributed by atoms with Crippen LogP contribution >= 0.6 is 0 Å². The molecular formula is C18H17FN4O. The first kappa shape index (κ1) is 15.9. The molecule has 1 heterocycles. The number of benzene rings is 2. The van der Waals surface area contributed by atoms with E-state index in [4.69, 9.17) is 0 Å². The van der Waals surface area contributed by atoms with Gasteiger partial charge in [0, 0.05) is 12.1 Å². The van der Waals surface area contributed by atoms with E-state index < -0.39 is 5.91 Å². The zero-order chi connectivity index (χ0) is 17.1. The van der Waals surface area contributed by atoms with Gasteiger partial charge in [-0.2, -0.15) is 0 Å². The van der Waals surface area contributed by atoms with E-state index in [1.54, 1.807) is 29.1 Å². The molecule has 0 aliphatic rings. The summed E-state index contributed by atoms with van der Waals surface area (Å²) in [7, 11) is 0. The number of nitrogens with one attached hydrogen (secondary N) is 1. The third kappa shape index (κ3) is 3.48. The number of hydrogen-bond donors (Lipinski definition) is 1. The Balaban J connectivity index is 1.73. The third-order valence-corrected chi connectivity index (χ3v) is 3.59. The van der Waals surface area contributed by atoms with Crippen molar-refractivity contribution in [1.29, 1.82) is 0 Å². The average Bonchev–Trinajstić information content (AvgIpc) is 3.03. The molecular weight excluding hydrogens is 307 g/mol. The molecule has 0 saturated carbocycles. The van der Waals surface area contributed by atoms with Gasteiger partial charge in [0.2, 0.25) is 0 Å². The second-order valence-corrected chi connectivity index (χ2v) is 5.67. The molecule has 6 heteroatoms. The Bertz CT molecular complexity index is 868. The minimum Gasteiger partial charge on any atom is -0.346 e. The van der Waals surface area contributed by atoms with Gasteiger partial charge < -0.3 is 5.32 Å². The number of halogens is 1. The molecule has 1 aromatic heterocycles. The van der Waals surface area contributed by atoms with Crippen molar-refractivity contribution < 1.29 is 9.18 Å². The maximum absolute atomic E-state index is 13.6. The van der Waals surface area contributed by atoms with Crippen molar-refractivity contribution in [1.82, 2.24) is 20.3 Å².